The van der Waals surface area contributed by atoms with Crippen molar-refractivity contribution in [2.24, 2.45) is 0 Å². The zero-order valence-electron chi connectivity index (χ0n) is 9.21. The van der Waals surface area contributed by atoms with E-state index in [1.807, 2.05) is 12.1 Å². The van der Waals surface area contributed by atoms with E-state index in [4.69, 9.17) is 0 Å². The van der Waals surface area contributed by atoms with Gasteiger partial charge in [-0.2, -0.15) is 0 Å². The highest BCUT2D eigenvalue weighted by atomic mass is 32.1. The molecule has 84 valence electrons. The number of pyridine rings is 1. The summed E-state index contributed by atoms with van der Waals surface area (Å²) < 4.78 is 1.16. The van der Waals surface area contributed by atoms with Crippen LogP contribution in [0.2, 0.25) is 0 Å². The summed E-state index contributed by atoms with van der Waals surface area (Å²) in [5.41, 5.74) is 3.06. The Kier molecular flexibility index (Phi) is 2.30. The maximum Gasteiger partial charge on any atom is 0.134 e. The third-order valence-corrected chi connectivity index (χ3v) is 3.58. The molecular weight excluding hydrogens is 232 g/mol. The van der Waals surface area contributed by atoms with Crippen molar-refractivity contribution in [2.45, 2.75) is 6.92 Å². The Balaban J connectivity index is 2.18. The van der Waals surface area contributed by atoms with Gasteiger partial charge in [0.1, 0.15) is 10.8 Å². The first-order valence-corrected chi connectivity index (χ1v) is 6.05. The van der Waals surface area contributed by atoms with Crippen LogP contribution in [0.1, 0.15) is 5.56 Å². The van der Waals surface area contributed by atoms with Crippen molar-refractivity contribution >= 4 is 21.6 Å². The van der Waals surface area contributed by atoms with Crippen LogP contribution in [-0.2, 0) is 0 Å². The summed E-state index contributed by atoms with van der Waals surface area (Å²) in [6, 6.07) is 7.86. The maximum atomic E-state index is 9.41. The Labute approximate surface area is 102 Å². The molecule has 0 saturated heterocycles. The lowest BCUT2D eigenvalue weighted by atomic mass is 10.2. The molecule has 0 aliphatic carbocycles. The summed E-state index contributed by atoms with van der Waals surface area (Å²) in [6.45, 7) is 2.06. The molecular formula is C13H10N2OS. The van der Waals surface area contributed by atoms with Gasteiger partial charge in [0.2, 0.25) is 0 Å². The minimum Gasteiger partial charge on any atom is -0.506 e. The Morgan fingerprint density at radius 1 is 1.18 bits per heavy atom. The number of fused-ring (bicyclic) bond motifs is 1. The fourth-order valence-electron chi connectivity index (χ4n) is 1.70. The first-order chi connectivity index (χ1) is 8.22. The van der Waals surface area contributed by atoms with Gasteiger partial charge < -0.3 is 5.11 Å². The van der Waals surface area contributed by atoms with E-state index >= 15 is 0 Å². The monoisotopic (exact) mass is 242 g/mol. The molecule has 0 amide bonds. The van der Waals surface area contributed by atoms with Crippen LogP contribution in [-0.4, -0.2) is 15.1 Å². The fourth-order valence-corrected chi connectivity index (χ4v) is 2.74. The van der Waals surface area contributed by atoms with E-state index in [9.17, 15) is 5.11 Å². The highest BCUT2D eigenvalue weighted by Gasteiger charge is 2.07. The van der Waals surface area contributed by atoms with Crippen LogP contribution in [0.25, 0.3) is 20.8 Å². The molecule has 17 heavy (non-hydrogen) atoms. The molecule has 0 bridgehead atoms. The number of hydrogen-bond acceptors (Lipinski definition) is 4. The van der Waals surface area contributed by atoms with Crippen LogP contribution in [0.4, 0.5) is 0 Å². The number of benzene rings is 1. The lowest BCUT2D eigenvalue weighted by Crippen LogP contribution is -1.78. The summed E-state index contributed by atoms with van der Waals surface area (Å²) in [5, 5.41) is 10.3. The average molecular weight is 242 g/mol. The van der Waals surface area contributed by atoms with Crippen LogP contribution >= 0.6 is 11.3 Å². The summed E-state index contributed by atoms with van der Waals surface area (Å²) in [5.74, 6) is 0.165. The molecule has 1 N–H and O–H groups in total. The highest BCUT2D eigenvalue weighted by Crippen LogP contribution is 2.31. The van der Waals surface area contributed by atoms with Crippen molar-refractivity contribution in [3.05, 3.63) is 42.2 Å². The molecule has 3 aromatic rings. The second-order valence-electron chi connectivity index (χ2n) is 3.92. The minimum atomic E-state index is 0.165. The van der Waals surface area contributed by atoms with Crippen molar-refractivity contribution < 1.29 is 5.11 Å². The van der Waals surface area contributed by atoms with Crippen LogP contribution in [0.5, 0.6) is 5.75 Å². The summed E-state index contributed by atoms with van der Waals surface area (Å²) in [4.78, 5) is 8.50. The standard InChI is InChI=1S/C13H10N2OS/c1-8-2-3-11-12(4-8)17-13(15-11)9-5-10(16)7-14-6-9/h2-7,16H,1H3. The second kappa shape index (κ2) is 3.82. The number of hydrogen-bond donors (Lipinski definition) is 1. The molecule has 1 aromatic carbocycles. The molecule has 0 atom stereocenters. The number of aromatic hydroxyl groups is 1. The van der Waals surface area contributed by atoms with E-state index in [1.165, 1.54) is 11.8 Å². The van der Waals surface area contributed by atoms with Gasteiger partial charge in [-0.25, -0.2) is 4.98 Å². The van der Waals surface area contributed by atoms with Gasteiger partial charge in [-0.05, 0) is 30.7 Å². The van der Waals surface area contributed by atoms with E-state index in [1.54, 1.807) is 23.6 Å². The normalized spacial score (nSPS) is 10.9. The van der Waals surface area contributed by atoms with Crippen molar-refractivity contribution in [2.75, 3.05) is 0 Å². The molecule has 3 nitrogen and oxygen atoms in total. The van der Waals surface area contributed by atoms with E-state index in [0.29, 0.717) is 0 Å². The third-order valence-electron chi connectivity index (χ3n) is 2.51. The number of aryl methyl sites for hydroxylation is 1. The van der Waals surface area contributed by atoms with E-state index in [2.05, 4.69) is 23.0 Å². The minimum absolute atomic E-state index is 0.165. The summed E-state index contributed by atoms with van der Waals surface area (Å²) in [7, 11) is 0. The Morgan fingerprint density at radius 3 is 2.88 bits per heavy atom. The molecule has 0 aliphatic rings. The molecule has 0 aliphatic heterocycles. The summed E-state index contributed by atoms with van der Waals surface area (Å²) in [6.07, 6.45) is 3.13. The summed E-state index contributed by atoms with van der Waals surface area (Å²) >= 11 is 1.61. The van der Waals surface area contributed by atoms with Gasteiger partial charge in [-0.15, -0.1) is 11.3 Å². The van der Waals surface area contributed by atoms with Crippen molar-refractivity contribution in [3.8, 4) is 16.3 Å². The molecule has 0 radical (unpaired) electrons. The number of nitrogens with zero attached hydrogens (tertiary/aromatic N) is 2. The lowest BCUT2D eigenvalue weighted by molar-refractivity contribution is 0.473. The quantitative estimate of drug-likeness (QED) is 0.711. The molecule has 4 heteroatoms. The van der Waals surface area contributed by atoms with E-state index < -0.39 is 0 Å². The van der Waals surface area contributed by atoms with Gasteiger partial charge in [0, 0.05) is 11.8 Å². The fraction of sp³-hybridized carbons (Fsp3) is 0.0769. The van der Waals surface area contributed by atoms with Crippen LogP contribution in [0.3, 0.4) is 0 Å². The van der Waals surface area contributed by atoms with Crippen LogP contribution in [0, 0.1) is 6.92 Å². The Bertz CT molecular complexity index is 691. The molecule has 0 unspecified atom stereocenters. The molecule has 0 fully saturated rings. The van der Waals surface area contributed by atoms with Gasteiger partial charge >= 0.3 is 0 Å². The molecule has 2 aromatic heterocycles. The lowest BCUT2D eigenvalue weighted by Gasteiger charge is -1.94. The van der Waals surface area contributed by atoms with Gasteiger partial charge in [-0.1, -0.05) is 6.07 Å². The van der Waals surface area contributed by atoms with E-state index in [0.717, 1.165) is 20.8 Å². The van der Waals surface area contributed by atoms with Gasteiger partial charge in [0.25, 0.3) is 0 Å². The van der Waals surface area contributed by atoms with Gasteiger partial charge in [0.05, 0.1) is 16.4 Å². The third kappa shape index (κ3) is 1.87. The predicted octanol–water partition coefficient (Wildman–Crippen LogP) is 3.37. The van der Waals surface area contributed by atoms with Crippen molar-refractivity contribution in [1.29, 1.82) is 0 Å². The smallest absolute Gasteiger partial charge is 0.134 e. The van der Waals surface area contributed by atoms with Crippen LogP contribution in [0.15, 0.2) is 36.7 Å². The Hall–Kier alpha value is -1.94. The van der Waals surface area contributed by atoms with Crippen LogP contribution < -0.4 is 0 Å². The number of rotatable bonds is 1. The topological polar surface area (TPSA) is 46.0 Å². The highest BCUT2D eigenvalue weighted by molar-refractivity contribution is 7.21. The second-order valence-corrected chi connectivity index (χ2v) is 4.95. The molecule has 3 rings (SSSR count). The molecule has 0 spiro atoms. The number of aromatic nitrogens is 2. The predicted molar refractivity (Wildman–Crippen MR) is 69.3 cm³/mol. The largest absolute Gasteiger partial charge is 0.506 e. The van der Waals surface area contributed by atoms with Crippen molar-refractivity contribution in [3.63, 3.8) is 0 Å². The maximum absolute atomic E-state index is 9.41. The molecule has 0 saturated carbocycles. The number of thiazole rings is 1. The zero-order chi connectivity index (χ0) is 11.8. The zero-order valence-corrected chi connectivity index (χ0v) is 10.0. The van der Waals surface area contributed by atoms with E-state index in [-0.39, 0.29) is 5.75 Å². The first-order valence-electron chi connectivity index (χ1n) is 5.24. The first kappa shape index (κ1) is 10.2. The van der Waals surface area contributed by atoms with Gasteiger partial charge in [0.15, 0.2) is 0 Å². The van der Waals surface area contributed by atoms with Crippen molar-refractivity contribution in [1.82, 2.24) is 9.97 Å². The Morgan fingerprint density at radius 2 is 2.06 bits per heavy atom. The molecule has 2 heterocycles. The SMILES string of the molecule is Cc1ccc2nc(-c3cncc(O)c3)sc2c1. The van der Waals surface area contributed by atoms with Gasteiger partial charge in [-0.3, -0.25) is 4.98 Å². The average Bonchev–Trinajstić information content (AvgIpc) is 2.72.